The molecule has 31 heavy (non-hydrogen) atoms. The van der Waals surface area contributed by atoms with Crippen LogP contribution in [0.25, 0.3) is 10.8 Å². The van der Waals surface area contributed by atoms with Crippen molar-refractivity contribution in [3.63, 3.8) is 0 Å². The average molecular weight is 420 g/mol. The number of benzene rings is 2. The van der Waals surface area contributed by atoms with Gasteiger partial charge in [-0.1, -0.05) is 42.5 Å². The third-order valence-corrected chi connectivity index (χ3v) is 5.83. The van der Waals surface area contributed by atoms with Gasteiger partial charge in [-0.05, 0) is 42.7 Å². The minimum atomic E-state index is -1.00. The molecule has 160 valence electrons. The number of rotatable bonds is 6. The molecule has 0 radical (unpaired) electrons. The van der Waals surface area contributed by atoms with Gasteiger partial charge in [0.25, 0.3) is 5.91 Å². The van der Waals surface area contributed by atoms with Gasteiger partial charge in [-0.25, -0.2) is 0 Å². The normalized spacial score (nSPS) is 21.1. The number of anilines is 1. The molecule has 0 unspecified atom stereocenters. The minimum Gasteiger partial charge on any atom is -0.452 e. The molecule has 2 aromatic carbocycles. The Labute approximate surface area is 180 Å². The third-order valence-electron chi connectivity index (χ3n) is 5.83. The van der Waals surface area contributed by atoms with E-state index in [2.05, 4.69) is 5.32 Å². The summed E-state index contributed by atoms with van der Waals surface area (Å²) in [6.45, 7) is 1.46. The first-order chi connectivity index (χ1) is 14.9. The largest absolute Gasteiger partial charge is 0.452 e. The fraction of sp³-hybridized carbons (Fsp3) is 0.333. The quantitative estimate of drug-likeness (QED) is 0.441. The standard InChI is InChI=1S/C24H24N2O5/c1-15(22(28)25-18-11-10-16-6-2-3-7-17(16)14-18)31-21(27)12-13-26-23(29)19-8-4-5-9-20(19)24(26)30/h2-7,10-11,14-15,19-20H,8-9,12-13H2,1H3,(H,25,28)/t15-,19-,20+/m1/s1. The monoisotopic (exact) mass is 420 g/mol. The molecule has 3 atom stereocenters. The first-order valence-electron chi connectivity index (χ1n) is 10.4. The Morgan fingerprint density at radius 2 is 1.68 bits per heavy atom. The summed E-state index contributed by atoms with van der Waals surface area (Å²) < 4.78 is 5.21. The van der Waals surface area contributed by atoms with E-state index in [-0.39, 0.29) is 36.6 Å². The second-order valence-electron chi connectivity index (χ2n) is 7.92. The second kappa shape index (κ2) is 8.71. The van der Waals surface area contributed by atoms with E-state index >= 15 is 0 Å². The summed E-state index contributed by atoms with van der Waals surface area (Å²) in [4.78, 5) is 50.7. The van der Waals surface area contributed by atoms with E-state index in [1.807, 2.05) is 48.6 Å². The molecule has 0 saturated carbocycles. The van der Waals surface area contributed by atoms with E-state index in [0.29, 0.717) is 18.5 Å². The average Bonchev–Trinajstić information content (AvgIpc) is 3.02. The van der Waals surface area contributed by atoms with Crippen molar-refractivity contribution < 1.29 is 23.9 Å². The van der Waals surface area contributed by atoms with Gasteiger partial charge in [0.1, 0.15) is 0 Å². The van der Waals surface area contributed by atoms with Gasteiger partial charge < -0.3 is 10.1 Å². The third kappa shape index (κ3) is 4.35. The van der Waals surface area contributed by atoms with E-state index in [4.69, 9.17) is 4.74 Å². The highest BCUT2D eigenvalue weighted by molar-refractivity contribution is 6.05. The van der Waals surface area contributed by atoms with Gasteiger partial charge in [0.05, 0.1) is 18.3 Å². The maximum Gasteiger partial charge on any atom is 0.308 e. The van der Waals surface area contributed by atoms with Gasteiger partial charge in [0.2, 0.25) is 11.8 Å². The Bertz CT molecular complexity index is 1050. The van der Waals surface area contributed by atoms with Crippen molar-refractivity contribution >= 4 is 40.2 Å². The number of ether oxygens (including phenoxy) is 1. The molecule has 3 amide bonds. The smallest absolute Gasteiger partial charge is 0.308 e. The van der Waals surface area contributed by atoms with Crippen LogP contribution in [-0.2, 0) is 23.9 Å². The number of nitrogens with zero attached hydrogens (tertiary/aromatic N) is 1. The number of carbonyl (C=O) groups is 4. The lowest BCUT2D eigenvalue weighted by Gasteiger charge is -2.16. The van der Waals surface area contributed by atoms with Crippen LogP contribution in [0.4, 0.5) is 5.69 Å². The number of hydrogen-bond acceptors (Lipinski definition) is 5. The van der Waals surface area contributed by atoms with Crippen LogP contribution in [0.2, 0.25) is 0 Å². The van der Waals surface area contributed by atoms with Crippen LogP contribution in [0.5, 0.6) is 0 Å². The fourth-order valence-electron chi connectivity index (χ4n) is 4.11. The summed E-state index contributed by atoms with van der Waals surface area (Å²) >= 11 is 0. The molecule has 0 aromatic heterocycles. The van der Waals surface area contributed by atoms with Crippen molar-refractivity contribution in [2.45, 2.75) is 32.3 Å². The zero-order valence-electron chi connectivity index (χ0n) is 17.2. The highest BCUT2D eigenvalue weighted by atomic mass is 16.5. The first kappa shape index (κ1) is 20.8. The molecule has 1 heterocycles. The summed E-state index contributed by atoms with van der Waals surface area (Å²) in [5.41, 5.74) is 0.607. The number of hydrogen-bond donors (Lipinski definition) is 1. The van der Waals surface area contributed by atoms with Gasteiger partial charge in [-0.2, -0.15) is 0 Å². The lowest BCUT2D eigenvalue weighted by atomic mass is 9.85. The van der Waals surface area contributed by atoms with E-state index in [0.717, 1.165) is 15.7 Å². The van der Waals surface area contributed by atoms with Crippen LogP contribution in [0.3, 0.4) is 0 Å². The van der Waals surface area contributed by atoms with Crippen molar-refractivity contribution in [1.29, 1.82) is 0 Å². The van der Waals surface area contributed by atoms with Crippen molar-refractivity contribution in [2.24, 2.45) is 11.8 Å². The molecule has 1 N–H and O–H groups in total. The van der Waals surface area contributed by atoms with Crippen LogP contribution < -0.4 is 5.32 Å². The lowest BCUT2D eigenvalue weighted by Crippen LogP contribution is -2.35. The molecule has 2 aromatic rings. The second-order valence-corrected chi connectivity index (χ2v) is 7.92. The number of imide groups is 1. The zero-order valence-corrected chi connectivity index (χ0v) is 17.2. The number of amides is 3. The van der Waals surface area contributed by atoms with Crippen molar-refractivity contribution in [1.82, 2.24) is 4.90 Å². The summed E-state index contributed by atoms with van der Waals surface area (Å²) in [5, 5.41) is 4.79. The van der Waals surface area contributed by atoms with Crippen LogP contribution in [0.15, 0.2) is 54.6 Å². The number of fused-ring (bicyclic) bond motifs is 2. The highest BCUT2D eigenvalue weighted by Crippen LogP contribution is 2.35. The molecule has 4 rings (SSSR count). The van der Waals surface area contributed by atoms with E-state index in [1.165, 1.54) is 6.92 Å². The maximum atomic E-state index is 12.4. The van der Waals surface area contributed by atoms with Crippen molar-refractivity contribution in [3.05, 3.63) is 54.6 Å². The molecular formula is C24H24N2O5. The van der Waals surface area contributed by atoms with Crippen LogP contribution in [-0.4, -0.2) is 41.2 Å². The molecule has 1 aliphatic carbocycles. The van der Waals surface area contributed by atoms with Gasteiger partial charge in [-0.15, -0.1) is 0 Å². The predicted molar refractivity (Wildman–Crippen MR) is 115 cm³/mol. The van der Waals surface area contributed by atoms with E-state index < -0.39 is 18.0 Å². The molecule has 1 aliphatic heterocycles. The Hall–Kier alpha value is -3.48. The number of likely N-dealkylation sites (tertiary alicyclic amines) is 1. The molecule has 2 aliphatic rings. The highest BCUT2D eigenvalue weighted by Gasteiger charge is 2.47. The van der Waals surface area contributed by atoms with Crippen molar-refractivity contribution in [2.75, 3.05) is 11.9 Å². The summed E-state index contributed by atoms with van der Waals surface area (Å²) in [6.07, 6.45) is 3.80. The topological polar surface area (TPSA) is 92.8 Å². The molecule has 1 saturated heterocycles. The molecule has 0 spiro atoms. The van der Waals surface area contributed by atoms with Gasteiger partial charge in [0.15, 0.2) is 6.10 Å². The van der Waals surface area contributed by atoms with E-state index in [9.17, 15) is 19.2 Å². The Morgan fingerprint density at radius 1 is 1.03 bits per heavy atom. The Kier molecular flexibility index (Phi) is 5.84. The van der Waals surface area contributed by atoms with Crippen LogP contribution in [0, 0.1) is 11.8 Å². The summed E-state index contributed by atoms with van der Waals surface area (Å²) in [7, 11) is 0. The van der Waals surface area contributed by atoms with Gasteiger partial charge >= 0.3 is 5.97 Å². The SMILES string of the molecule is C[C@@H](OC(=O)CCN1C(=O)[C@H]2CC=CC[C@H]2C1=O)C(=O)Nc1ccc2ccccc2c1. The maximum absolute atomic E-state index is 12.4. The number of esters is 1. The predicted octanol–water partition coefficient (Wildman–Crippen LogP) is 3.05. The van der Waals surface area contributed by atoms with Crippen molar-refractivity contribution in [3.8, 4) is 0 Å². The van der Waals surface area contributed by atoms with E-state index in [1.54, 1.807) is 6.07 Å². The Balaban J connectivity index is 1.28. The molecule has 7 nitrogen and oxygen atoms in total. The number of allylic oxidation sites excluding steroid dienone is 2. The van der Waals surface area contributed by atoms with Gasteiger partial charge in [-0.3, -0.25) is 24.1 Å². The lowest BCUT2D eigenvalue weighted by molar-refractivity contribution is -0.154. The van der Waals surface area contributed by atoms with Crippen LogP contribution >= 0.6 is 0 Å². The molecular weight excluding hydrogens is 396 g/mol. The minimum absolute atomic E-state index is 0.0253. The Morgan fingerprint density at radius 3 is 2.35 bits per heavy atom. The molecule has 7 heteroatoms. The zero-order chi connectivity index (χ0) is 22.0. The number of carbonyl (C=O) groups excluding carboxylic acids is 4. The molecule has 0 bridgehead atoms. The first-order valence-corrected chi connectivity index (χ1v) is 10.4. The summed E-state index contributed by atoms with van der Waals surface area (Å²) in [6, 6.07) is 13.3. The van der Waals surface area contributed by atoms with Crippen LogP contribution in [0.1, 0.15) is 26.2 Å². The number of nitrogens with one attached hydrogen (secondary N) is 1. The molecule has 1 fully saturated rings. The summed E-state index contributed by atoms with van der Waals surface area (Å²) in [5.74, 6) is -2.17. The fourth-order valence-corrected chi connectivity index (χ4v) is 4.11. The van der Waals surface area contributed by atoms with Gasteiger partial charge in [0, 0.05) is 12.2 Å².